The fourth-order valence-electron chi connectivity index (χ4n) is 17.4. The maximum atomic E-state index is 12.2. The summed E-state index contributed by atoms with van der Waals surface area (Å²) in [7, 11) is 0. The minimum atomic E-state index is -0.368. The summed E-state index contributed by atoms with van der Waals surface area (Å²) in [6.45, 7) is 30.7. The smallest absolute Gasteiger partial charge is 0.148 e. The Hall–Kier alpha value is -12.6. The summed E-state index contributed by atoms with van der Waals surface area (Å²) < 4.78 is 17.4. The standard InChI is InChI=1S/C57H50N3O2.C54H44N3O2.2Pt/c1-55(2,3)39-31-44(53(61)46(32-39)56(4,5)6)54-59-52-43(24-17-25-48(52)60(54)41-21-13-10-14-22-41)36-28-37(30-40(29-36)57(7,8)38-19-11-9-12-20-38)47-33-50-45(34-58-47)51-42-23-16-15-18-35(42)26-27-49(51)62-50;1-53(2,3)38-29-42(51(58)44(30-38)54(4,5)6)52-56-50-41(22-15-23-46(50)57(52)39-19-11-8-12-20-39)36-26-35(33-16-9-7-10-17-33)27-37(28-36)45-31-48-43(32-55-45)49-40-21-14-13-18-34(40)24-25-47(49)59-48;;/h9-27,29-34,61H,1-8H3;7-27,29-32,58H,1-6H3;;/q2*-1;;. The summed E-state index contributed by atoms with van der Waals surface area (Å²) in [6.07, 6.45) is 3.88. The number of benzene rings is 14. The summed E-state index contributed by atoms with van der Waals surface area (Å²) in [5.41, 5.74) is 24.1. The molecule has 0 spiro atoms. The molecule has 14 aromatic carbocycles. The number of aromatic hydroxyl groups is 2. The first kappa shape index (κ1) is 82.7. The average Bonchev–Trinajstić information content (AvgIpc) is 1.61. The van der Waals surface area contributed by atoms with Crippen LogP contribution in [0.1, 0.15) is 130 Å². The van der Waals surface area contributed by atoms with E-state index in [9.17, 15) is 10.2 Å². The normalized spacial score (nSPS) is 12.2. The van der Waals surface area contributed by atoms with Crippen molar-refractivity contribution in [3.05, 3.63) is 349 Å². The SMILES string of the molecule is CC(C)(C)c1cc(-c2nc3c(-c4[c-]c(-c5cc6oc7ccc8ccccc8c7c6cn5)cc(-c5ccccc5)c4)cccc3n2-c2ccccc2)c(O)c(C(C)(C)C)c1.CC(C)(C)c1cc(-c2nc3c(-c4[c-]c(-c5cc6oc7ccc8ccccc8c7c6cn5)cc(C(C)(C)c5ccccc5)c4)cccc3n2-c2ccccc2)c(O)c(C(C)(C)C)c1.[Pt].[Pt]. The van der Waals surface area contributed by atoms with Crippen LogP contribution in [0, 0.1) is 12.1 Å². The maximum Gasteiger partial charge on any atom is 0.148 e. The van der Waals surface area contributed by atoms with Crippen molar-refractivity contribution in [2.45, 2.75) is 124 Å². The van der Waals surface area contributed by atoms with Crippen molar-refractivity contribution >= 4 is 87.5 Å². The molecule has 0 atom stereocenters. The molecule has 0 aliphatic heterocycles. The zero-order valence-electron chi connectivity index (χ0n) is 71.4. The van der Waals surface area contributed by atoms with Crippen LogP contribution >= 0.6 is 0 Å². The van der Waals surface area contributed by atoms with Crippen molar-refractivity contribution < 1.29 is 61.2 Å². The first-order valence-corrected chi connectivity index (χ1v) is 41.7. The molecule has 0 saturated heterocycles. The van der Waals surface area contributed by atoms with Crippen molar-refractivity contribution in [1.29, 1.82) is 0 Å². The molecule has 123 heavy (non-hydrogen) atoms. The molecular weight excluding hydrogens is 1870 g/mol. The number of hydrogen-bond acceptors (Lipinski definition) is 8. The van der Waals surface area contributed by atoms with Crippen molar-refractivity contribution in [2.75, 3.05) is 0 Å². The van der Waals surface area contributed by atoms with Crippen LogP contribution in [0.5, 0.6) is 11.5 Å². The number of phenols is 2. The number of fused-ring (bicyclic) bond motifs is 12. The van der Waals surface area contributed by atoms with E-state index in [-0.39, 0.29) is 80.7 Å². The van der Waals surface area contributed by atoms with Gasteiger partial charge in [0.15, 0.2) is 0 Å². The summed E-state index contributed by atoms with van der Waals surface area (Å²) in [4.78, 5) is 21.2. The number of phenolic OH excluding ortho intramolecular Hbond substituents is 2. The predicted molar refractivity (Wildman–Crippen MR) is 500 cm³/mol. The molecule has 0 aliphatic carbocycles. The Labute approximate surface area is 746 Å². The molecular formula is C111H94N6O4Pt2-2. The van der Waals surface area contributed by atoms with Gasteiger partial charge in [-0.05, 0) is 138 Å². The Morgan fingerprint density at radius 2 is 0.699 bits per heavy atom. The van der Waals surface area contributed by atoms with Gasteiger partial charge >= 0.3 is 0 Å². The fourth-order valence-corrected chi connectivity index (χ4v) is 17.4. The average molecular weight is 1970 g/mol. The first-order valence-electron chi connectivity index (χ1n) is 41.7. The van der Waals surface area contributed by atoms with Gasteiger partial charge in [0.05, 0.1) is 33.2 Å². The van der Waals surface area contributed by atoms with Gasteiger partial charge in [0.25, 0.3) is 0 Å². The van der Waals surface area contributed by atoms with E-state index in [1.165, 1.54) is 16.3 Å². The second kappa shape index (κ2) is 31.7. The molecule has 614 valence electrons. The second-order valence-corrected chi connectivity index (χ2v) is 36.8. The minimum absolute atomic E-state index is 0. The third-order valence-corrected chi connectivity index (χ3v) is 24.1. The largest absolute Gasteiger partial charge is 0.507 e. The molecule has 2 N–H and O–H groups in total. The van der Waals surface area contributed by atoms with Gasteiger partial charge in [0, 0.05) is 115 Å². The van der Waals surface area contributed by atoms with Crippen molar-refractivity contribution in [3.63, 3.8) is 0 Å². The summed E-state index contributed by atoms with van der Waals surface area (Å²) in [5, 5.41) is 33.2. The van der Waals surface area contributed by atoms with Crippen LogP contribution in [0.2, 0.25) is 0 Å². The molecule has 6 aromatic heterocycles. The van der Waals surface area contributed by atoms with Crippen LogP contribution in [-0.2, 0) is 69.2 Å². The topological polar surface area (TPSA) is 128 Å². The minimum Gasteiger partial charge on any atom is -0.507 e. The molecule has 0 bridgehead atoms. The zero-order chi connectivity index (χ0) is 83.8. The molecule has 0 amide bonds. The van der Waals surface area contributed by atoms with Crippen LogP contribution in [0.3, 0.4) is 0 Å². The number of hydrogen-bond donors (Lipinski definition) is 2. The van der Waals surface area contributed by atoms with Gasteiger partial charge in [-0.3, -0.25) is 19.1 Å². The van der Waals surface area contributed by atoms with E-state index in [0.29, 0.717) is 22.8 Å². The van der Waals surface area contributed by atoms with Crippen LogP contribution in [-0.4, -0.2) is 39.3 Å². The number of pyridine rings is 2. The van der Waals surface area contributed by atoms with Crippen LogP contribution < -0.4 is 0 Å². The molecule has 12 heteroatoms. The predicted octanol–water partition coefficient (Wildman–Crippen LogP) is 29.1. The Morgan fingerprint density at radius 3 is 1.14 bits per heavy atom. The molecule has 20 aromatic rings. The van der Waals surface area contributed by atoms with Crippen LogP contribution in [0.25, 0.3) is 178 Å². The molecule has 0 fully saturated rings. The molecule has 10 nitrogen and oxygen atoms in total. The van der Waals surface area contributed by atoms with E-state index in [1.54, 1.807) is 0 Å². The van der Waals surface area contributed by atoms with Gasteiger partial charge in [-0.15, -0.1) is 53.1 Å². The quantitative estimate of drug-likeness (QED) is 0.123. The van der Waals surface area contributed by atoms with Crippen LogP contribution in [0.4, 0.5) is 0 Å². The third kappa shape index (κ3) is 15.1. The van der Waals surface area contributed by atoms with Crippen molar-refractivity contribution in [2.24, 2.45) is 0 Å². The number of furan rings is 2. The Kier molecular flexibility index (Phi) is 21.3. The Bertz CT molecular complexity index is 7480. The maximum absolute atomic E-state index is 12.2. The summed E-state index contributed by atoms with van der Waals surface area (Å²) >= 11 is 0. The van der Waals surface area contributed by atoms with Gasteiger partial charge < -0.3 is 19.0 Å². The number of para-hydroxylation sites is 4. The fraction of sp³-hybridized carbons (Fsp3) is 0.171. The van der Waals surface area contributed by atoms with E-state index in [1.807, 2.05) is 67.0 Å². The Morgan fingerprint density at radius 1 is 0.309 bits per heavy atom. The van der Waals surface area contributed by atoms with Gasteiger partial charge in [0.1, 0.15) is 45.5 Å². The molecule has 0 unspecified atom stereocenters. The van der Waals surface area contributed by atoms with Crippen molar-refractivity contribution in [3.8, 4) is 102 Å². The van der Waals surface area contributed by atoms with Gasteiger partial charge in [-0.25, -0.2) is 9.97 Å². The number of rotatable bonds is 11. The van der Waals surface area contributed by atoms with Crippen LogP contribution in [0.15, 0.2) is 312 Å². The van der Waals surface area contributed by atoms with E-state index in [0.717, 1.165) is 172 Å². The third-order valence-electron chi connectivity index (χ3n) is 24.1. The molecule has 6 heterocycles. The summed E-state index contributed by atoms with van der Waals surface area (Å²) in [5.74, 6) is 1.86. The second-order valence-electron chi connectivity index (χ2n) is 36.8. The molecule has 0 aliphatic rings. The van der Waals surface area contributed by atoms with Gasteiger partial charge in [-0.2, -0.15) is 0 Å². The summed E-state index contributed by atoms with van der Waals surface area (Å²) in [6, 6.07) is 109. The number of aromatic nitrogens is 6. The van der Waals surface area contributed by atoms with E-state index < -0.39 is 0 Å². The van der Waals surface area contributed by atoms with E-state index >= 15 is 0 Å². The zero-order valence-corrected chi connectivity index (χ0v) is 75.9. The monoisotopic (exact) mass is 1960 g/mol. The van der Waals surface area contributed by atoms with Gasteiger partial charge in [-0.1, -0.05) is 319 Å². The molecule has 0 saturated carbocycles. The first-order chi connectivity index (χ1) is 58.1. The van der Waals surface area contributed by atoms with E-state index in [4.69, 9.17) is 28.8 Å². The molecule has 0 radical (unpaired) electrons. The van der Waals surface area contributed by atoms with Crippen molar-refractivity contribution in [1.82, 2.24) is 29.1 Å². The molecule has 20 rings (SSSR count). The van der Waals surface area contributed by atoms with E-state index in [2.05, 4.69) is 355 Å². The Balaban J connectivity index is 0.000000172. The number of nitrogens with zero attached hydrogens (tertiary/aromatic N) is 6. The van der Waals surface area contributed by atoms with Gasteiger partial charge in [0.2, 0.25) is 0 Å². The number of imidazole rings is 2.